The maximum absolute atomic E-state index is 13.5. The summed E-state index contributed by atoms with van der Waals surface area (Å²) in [5.74, 6) is 0.120. The first-order chi connectivity index (χ1) is 14.3. The fraction of sp³-hybridized carbons (Fsp3) is 0.292. The van der Waals surface area contributed by atoms with Crippen LogP contribution in [-0.2, 0) is 6.42 Å². The smallest absolute Gasteiger partial charge is 0.339 e. The minimum Gasteiger partial charge on any atom is -0.490 e. The summed E-state index contributed by atoms with van der Waals surface area (Å²) in [6.45, 7) is 5.53. The van der Waals surface area contributed by atoms with Gasteiger partial charge in [0.2, 0.25) is 5.78 Å². The molecule has 0 atom stereocenters. The van der Waals surface area contributed by atoms with Gasteiger partial charge in [-0.1, -0.05) is 12.1 Å². The van der Waals surface area contributed by atoms with Gasteiger partial charge in [-0.25, -0.2) is 4.79 Å². The van der Waals surface area contributed by atoms with Gasteiger partial charge in [-0.05, 0) is 57.4 Å². The quantitative estimate of drug-likeness (QED) is 0.338. The zero-order valence-corrected chi connectivity index (χ0v) is 17.8. The fourth-order valence-electron chi connectivity index (χ4n) is 3.89. The van der Waals surface area contributed by atoms with Gasteiger partial charge in [-0.2, -0.15) is 0 Å². The van der Waals surface area contributed by atoms with Gasteiger partial charge in [0.05, 0.1) is 17.2 Å². The molecule has 1 aliphatic carbocycles. The number of hydrogen-bond donors (Lipinski definition) is 0. The van der Waals surface area contributed by atoms with Crippen molar-refractivity contribution in [1.82, 2.24) is 0 Å². The third-order valence-corrected chi connectivity index (χ3v) is 5.48. The molecule has 154 valence electrons. The lowest BCUT2D eigenvalue weighted by Gasteiger charge is -2.22. The summed E-state index contributed by atoms with van der Waals surface area (Å²) in [5.41, 5.74) is 1.77. The third-order valence-electron chi connectivity index (χ3n) is 5.21. The van der Waals surface area contributed by atoms with E-state index in [1.165, 1.54) is 0 Å². The minimum atomic E-state index is -0.516. The van der Waals surface area contributed by atoms with E-state index in [4.69, 9.17) is 20.8 Å². The van der Waals surface area contributed by atoms with Gasteiger partial charge in [0.15, 0.2) is 11.4 Å². The second-order valence-corrected chi connectivity index (χ2v) is 8.09. The summed E-state index contributed by atoms with van der Waals surface area (Å²) in [7, 11) is 0. The van der Waals surface area contributed by atoms with Crippen LogP contribution in [0.2, 0.25) is 0 Å². The lowest BCUT2D eigenvalue weighted by atomic mass is 9.81. The van der Waals surface area contributed by atoms with Crippen LogP contribution in [0.1, 0.15) is 63.2 Å². The third kappa shape index (κ3) is 3.23. The molecule has 6 heteroatoms. The number of hydrogen-bond acceptors (Lipinski definition) is 5. The number of rotatable bonds is 5. The van der Waals surface area contributed by atoms with Crippen molar-refractivity contribution < 1.29 is 18.7 Å². The molecular formula is C24H21ClO5. The molecular weight excluding hydrogens is 404 g/mol. The molecule has 30 heavy (non-hydrogen) atoms. The van der Waals surface area contributed by atoms with E-state index in [2.05, 4.69) is 0 Å². The Kier molecular flexibility index (Phi) is 5.24. The summed E-state index contributed by atoms with van der Waals surface area (Å²) >= 11 is 5.76. The van der Waals surface area contributed by atoms with E-state index in [-0.39, 0.29) is 39.9 Å². The van der Waals surface area contributed by atoms with E-state index in [9.17, 15) is 14.4 Å². The maximum atomic E-state index is 13.5. The second-order valence-electron chi connectivity index (χ2n) is 7.71. The molecule has 3 aromatic rings. The van der Waals surface area contributed by atoms with Crippen molar-refractivity contribution in [2.24, 2.45) is 0 Å². The number of aryl methyl sites for hydroxylation is 2. The van der Waals surface area contributed by atoms with E-state index in [1.807, 2.05) is 20.8 Å². The second kappa shape index (κ2) is 7.73. The first-order valence-electron chi connectivity index (χ1n) is 9.88. The molecule has 0 bridgehead atoms. The molecule has 0 saturated carbocycles. The number of fused-ring (bicyclic) bond motifs is 4. The molecule has 0 saturated heterocycles. The molecule has 0 fully saturated rings. The zero-order valence-electron chi connectivity index (χ0n) is 17.0. The predicted octanol–water partition coefficient (Wildman–Crippen LogP) is 4.84. The van der Waals surface area contributed by atoms with E-state index < -0.39 is 5.63 Å². The van der Waals surface area contributed by atoms with Crippen LogP contribution in [0.5, 0.6) is 5.75 Å². The molecule has 0 amide bonds. The Morgan fingerprint density at radius 1 is 1.03 bits per heavy atom. The Bertz CT molecular complexity index is 1250. The highest BCUT2D eigenvalue weighted by molar-refractivity contribution is 6.32. The monoisotopic (exact) mass is 424 g/mol. The molecule has 4 rings (SSSR count). The zero-order chi connectivity index (χ0) is 21.6. The average molecular weight is 425 g/mol. The van der Waals surface area contributed by atoms with Crippen LogP contribution < -0.4 is 10.4 Å². The van der Waals surface area contributed by atoms with Crippen molar-refractivity contribution in [3.63, 3.8) is 0 Å². The molecule has 5 nitrogen and oxygen atoms in total. The number of benzene rings is 2. The van der Waals surface area contributed by atoms with Crippen LogP contribution in [0.25, 0.3) is 11.0 Å². The first-order valence-corrected chi connectivity index (χ1v) is 10.4. The molecule has 0 unspecified atom stereocenters. The molecule has 0 N–H and O–H groups in total. The van der Waals surface area contributed by atoms with Gasteiger partial charge in [0, 0.05) is 28.0 Å². The Morgan fingerprint density at radius 3 is 2.50 bits per heavy atom. The number of carbonyl (C=O) groups is 2. The lowest BCUT2D eigenvalue weighted by molar-refractivity contribution is 0.0974. The van der Waals surface area contributed by atoms with Gasteiger partial charge in [0.1, 0.15) is 5.75 Å². The standard InChI is InChI=1S/C24H21ClO5/c1-12(2)29-18-8-4-7-15-19(18)22(27)20-17(21(15)26)10-13(3)16-11-14(6-5-9-25)24(28)30-23(16)20/h4,7-8,10-12H,5-6,9H2,1-3H3. The van der Waals surface area contributed by atoms with Gasteiger partial charge in [0.25, 0.3) is 0 Å². The van der Waals surface area contributed by atoms with Gasteiger partial charge in [-0.3, -0.25) is 9.59 Å². The molecule has 1 heterocycles. The summed E-state index contributed by atoms with van der Waals surface area (Å²) in [6.07, 6.45) is 0.959. The number of carbonyl (C=O) groups excluding carboxylic acids is 2. The maximum Gasteiger partial charge on any atom is 0.339 e. The summed E-state index contributed by atoms with van der Waals surface area (Å²) in [4.78, 5) is 39.3. The van der Waals surface area contributed by atoms with Crippen LogP contribution >= 0.6 is 11.6 Å². The predicted molar refractivity (Wildman–Crippen MR) is 115 cm³/mol. The molecule has 1 aliphatic rings. The van der Waals surface area contributed by atoms with E-state index >= 15 is 0 Å². The fourth-order valence-corrected chi connectivity index (χ4v) is 4.03. The van der Waals surface area contributed by atoms with E-state index in [1.54, 1.807) is 30.3 Å². The van der Waals surface area contributed by atoms with E-state index in [0.717, 1.165) is 5.56 Å². The molecule has 0 radical (unpaired) electrons. The first kappa shape index (κ1) is 20.4. The van der Waals surface area contributed by atoms with Crippen LogP contribution in [0, 0.1) is 6.92 Å². The number of alkyl halides is 1. The number of ketones is 2. The minimum absolute atomic E-state index is 0.119. The van der Waals surface area contributed by atoms with Crippen molar-refractivity contribution >= 4 is 34.1 Å². The summed E-state index contributed by atoms with van der Waals surface area (Å²) < 4.78 is 11.4. The summed E-state index contributed by atoms with van der Waals surface area (Å²) in [5, 5.41) is 0.643. The molecule has 2 aromatic carbocycles. The lowest BCUT2D eigenvalue weighted by Crippen LogP contribution is -2.24. The van der Waals surface area contributed by atoms with Gasteiger partial charge < -0.3 is 9.15 Å². The van der Waals surface area contributed by atoms with E-state index in [0.29, 0.717) is 41.0 Å². The SMILES string of the molecule is Cc1cc2c(c3oc(=O)c(CCCCl)cc13)C(=O)c1c(OC(C)C)cccc1C2=O. The average Bonchev–Trinajstić information content (AvgIpc) is 2.70. The van der Waals surface area contributed by atoms with Crippen LogP contribution in [0.15, 0.2) is 39.5 Å². The Balaban J connectivity index is 1.99. The van der Waals surface area contributed by atoms with Crippen molar-refractivity contribution in [1.29, 1.82) is 0 Å². The van der Waals surface area contributed by atoms with Crippen molar-refractivity contribution in [3.05, 3.63) is 74.1 Å². The van der Waals surface area contributed by atoms with Gasteiger partial charge >= 0.3 is 5.63 Å². The van der Waals surface area contributed by atoms with Crippen molar-refractivity contribution in [3.8, 4) is 5.75 Å². The normalized spacial score (nSPS) is 13.0. The number of ether oxygens (including phenoxy) is 1. The van der Waals surface area contributed by atoms with Crippen LogP contribution in [0.3, 0.4) is 0 Å². The summed E-state index contributed by atoms with van der Waals surface area (Å²) in [6, 6.07) is 8.43. The Hall–Kier alpha value is -2.92. The van der Waals surface area contributed by atoms with Crippen molar-refractivity contribution in [2.45, 2.75) is 39.7 Å². The highest BCUT2D eigenvalue weighted by Crippen LogP contribution is 2.38. The molecule has 0 aliphatic heterocycles. The largest absolute Gasteiger partial charge is 0.490 e. The highest BCUT2D eigenvalue weighted by atomic mass is 35.5. The highest BCUT2D eigenvalue weighted by Gasteiger charge is 2.35. The molecule has 0 spiro atoms. The van der Waals surface area contributed by atoms with Crippen LogP contribution in [-0.4, -0.2) is 23.6 Å². The Morgan fingerprint density at radius 2 is 1.80 bits per heavy atom. The van der Waals surface area contributed by atoms with Crippen molar-refractivity contribution in [2.75, 3.05) is 5.88 Å². The Labute approximate surface area is 178 Å². The number of halogens is 1. The topological polar surface area (TPSA) is 73.6 Å². The molecule has 1 aromatic heterocycles. The van der Waals surface area contributed by atoms with Gasteiger partial charge in [-0.15, -0.1) is 11.6 Å². The van der Waals surface area contributed by atoms with Crippen LogP contribution in [0.4, 0.5) is 0 Å².